The first kappa shape index (κ1) is 30.0. The Morgan fingerprint density at radius 3 is 2.24 bits per heavy atom. The maximum absolute atomic E-state index is 13.3. The van der Waals surface area contributed by atoms with Gasteiger partial charge in [-0.15, -0.1) is 0 Å². The highest BCUT2D eigenvalue weighted by atomic mass is 16.6. The highest BCUT2D eigenvalue weighted by Gasteiger charge is 2.52. The van der Waals surface area contributed by atoms with Gasteiger partial charge in [-0.05, 0) is 12.0 Å². The third-order valence-electron chi connectivity index (χ3n) is 5.75. The number of rotatable bonds is 16. The zero-order valence-electron chi connectivity index (χ0n) is 21.5. The first-order valence-corrected chi connectivity index (χ1v) is 12.4. The Bertz CT molecular complexity index is 846. The van der Waals surface area contributed by atoms with Crippen molar-refractivity contribution >= 4 is 18.0 Å². The molecule has 1 aliphatic rings. The molecule has 2 rings (SSSR count). The zero-order chi connectivity index (χ0) is 26.9. The van der Waals surface area contributed by atoms with Crippen molar-refractivity contribution < 1.29 is 38.1 Å². The molecule has 0 saturated carbocycles. The van der Waals surface area contributed by atoms with Gasteiger partial charge in [-0.2, -0.15) is 0 Å². The number of benzene rings is 1. The van der Waals surface area contributed by atoms with Crippen LogP contribution in [0.3, 0.4) is 0 Å². The predicted molar refractivity (Wildman–Crippen MR) is 137 cm³/mol. The Morgan fingerprint density at radius 2 is 1.68 bits per heavy atom. The van der Waals surface area contributed by atoms with E-state index in [0.29, 0.717) is 39.3 Å². The summed E-state index contributed by atoms with van der Waals surface area (Å²) in [5.41, 5.74) is -1.28. The molecule has 0 bridgehead atoms. The fourth-order valence-corrected chi connectivity index (χ4v) is 3.68. The summed E-state index contributed by atoms with van der Waals surface area (Å²) < 4.78 is 27.2. The van der Waals surface area contributed by atoms with Crippen molar-refractivity contribution in [2.75, 3.05) is 52.7 Å². The van der Waals surface area contributed by atoms with E-state index < -0.39 is 29.7 Å². The van der Waals surface area contributed by atoms with Gasteiger partial charge in [0.05, 0.1) is 19.8 Å². The summed E-state index contributed by atoms with van der Waals surface area (Å²) in [5.74, 6) is -1.83. The van der Waals surface area contributed by atoms with Crippen LogP contribution in [0.15, 0.2) is 55.6 Å². The maximum Gasteiger partial charge on any atom is 0.407 e. The molecule has 1 heterocycles. The lowest BCUT2D eigenvalue weighted by atomic mass is 9.92. The summed E-state index contributed by atoms with van der Waals surface area (Å²) in [7, 11) is 0. The van der Waals surface area contributed by atoms with Crippen molar-refractivity contribution in [1.29, 1.82) is 0 Å². The molecule has 1 aromatic carbocycles. The van der Waals surface area contributed by atoms with Crippen molar-refractivity contribution in [3.63, 3.8) is 0 Å². The number of nitrogens with zero attached hydrogens (tertiary/aromatic N) is 1. The molecule has 1 N–H and O–H groups in total. The Hall–Kier alpha value is -3.21. The smallest absolute Gasteiger partial charge is 0.407 e. The Kier molecular flexibility index (Phi) is 13.4. The van der Waals surface area contributed by atoms with Gasteiger partial charge in [0.1, 0.15) is 19.8 Å². The number of carbonyl (C=O) groups excluding carboxylic acids is 3. The normalized spacial score (nSPS) is 14.7. The topological polar surface area (TPSA) is 113 Å². The molecule has 1 saturated heterocycles. The number of alkyl carbamates (subject to hydrolysis) is 1. The van der Waals surface area contributed by atoms with Crippen molar-refractivity contribution in [2.24, 2.45) is 0 Å². The first-order chi connectivity index (χ1) is 17.9. The highest BCUT2D eigenvalue weighted by Crippen LogP contribution is 2.25. The molecule has 204 valence electrons. The van der Waals surface area contributed by atoms with Gasteiger partial charge in [-0.25, -0.2) is 14.4 Å². The molecule has 37 heavy (non-hydrogen) atoms. The molecule has 0 spiro atoms. The van der Waals surface area contributed by atoms with Gasteiger partial charge in [0.25, 0.3) is 5.60 Å². The maximum atomic E-state index is 13.3. The molecule has 0 radical (unpaired) electrons. The average Bonchev–Trinajstić information content (AvgIpc) is 2.93. The minimum Gasteiger partial charge on any atom is -0.459 e. The number of amides is 1. The van der Waals surface area contributed by atoms with Crippen molar-refractivity contribution in [2.45, 2.75) is 38.0 Å². The number of carbonyl (C=O) groups is 3. The number of hydrogen-bond acceptors (Lipinski definition) is 9. The lowest BCUT2D eigenvalue weighted by Crippen LogP contribution is -2.56. The van der Waals surface area contributed by atoms with Crippen LogP contribution in [-0.2, 0) is 39.9 Å². The Balaban J connectivity index is 2.17. The quantitative estimate of drug-likeness (QED) is 0.153. The molecular formula is C27H38N2O8. The summed E-state index contributed by atoms with van der Waals surface area (Å²) in [6.07, 6.45) is 2.28. The molecule has 0 aliphatic carbocycles. The second-order valence-corrected chi connectivity index (χ2v) is 8.42. The van der Waals surface area contributed by atoms with E-state index in [0.717, 1.165) is 5.56 Å². The lowest BCUT2D eigenvalue weighted by molar-refractivity contribution is -0.193. The summed E-state index contributed by atoms with van der Waals surface area (Å²) in [6, 6.07) is 8.58. The molecular weight excluding hydrogens is 480 g/mol. The van der Waals surface area contributed by atoms with Gasteiger partial charge in [-0.3, -0.25) is 4.90 Å². The van der Waals surface area contributed by atoms with E-state index in [4.69, 9.17) is 23.7 Å². The van der Waals surface area contributed by atoms with Crippen LogP contribution in [0.2, 0.25) is 0 Å². The molecule has 1 amide bonds. The number of hydrogen-bond donors (Lipinski definition) is 1. The van der Waals surface area contributed by atoms with Crippen LogP contribution < -0.4 is 5.32 Å². The molecule has 1 atom stereocenters. The van der Waals surface area contributed by atoms with E-state index in [-0.39, 0.29) is 32.8 Å². The Labute approximate surface area is 218 Å². The summed E-state index contributed by atoms with van der Waals surface area (Å²) >= 11 is 0. The molecule has 1 aliphatic heterocycles. The van der Waals surface area contributed by atoms with E-state index in [1.165, 1.54) is 12.2 Å². The van der Waals surface area contributed by atoms with E-state index in [1.54, 1.807) is 0 Å². The van der Waals surface area contributed by atoms with E-state index in [2.05, 4.69) is 23.4 Å². The van der Waals surface area contributed by atoms with Crippen LogP contribution in [0.4, 0.5) is 4.79 Å². The van der Waals surface area contributed by atoms with Gasteiger partial charge in [0.15, 0.2) is 0 Å². The lowest BCUT2D eigenvalue weighted by Gasteiger charge is -2.33. The highest BCUT2D eigenvalue weighted by molar-refractivity contribution is 6.04. The first-order valence-electron chi connectivity index (χ1n) is 12.4. The minimum atomic E-state index is -2.11. The fourth-order valence-electron chi connectivity index (χ4n) is 3.68. The van der Waals surface area contributed by atoms with Crippen molar-refractivity contribution in [3.05, 3.63) is 61.2 Å². The third-order valence-corrected chi connectivity index (χ3v) is 5.75. The fraction of sp³-hybridized carbons (Fsp3) is 0.519. The SMILES string of the molecule is C=CCOC(=O)C(CC(CC)NC(=O)OCc1ccccc1)(OCCN1CCOCC1)C(=O)OCC=C. The average molecular weight is 519 g/mol. The predicted octanol–water partition coefficient (Wildman–Crippen LogP) is 2.63. The molecule has 1 unspecified atom stereocenters. The van der Waals surface area contributed by atoms with E-state index in [1.807, 2.05) is 37.3 Å². The van der Waals surface area contributed by atoms with Gasteiger partial charge < -0.3 is 29.0 Å². The van der Waals surface area contributed by atoms with Gasteiger partial charge in [0.2, 0.25) is 0 Å². The largest absolute Gasteiger partial charge is 0.459 e. The van der Waals surface area contributed by atoms with E-state index in [9.17, 15) is 14.4 Å². The van der Waals surface area contributed by atoms with Crippen LogP contribution >= 0.6 is 0 Å². The summed E-state index contributed by atoms with van der Waals surface area (Å²) in [6.45, 7) is 11.9. The van der Waals surface area contributed by atoms with E-state index >= 15 is 0 Å². The van der Waals surface area contributed by atoms with Gasteiger partial charge in [0, 0.05) is 32.1 Å². The van der Waals surface area contributed by atoms with Crippen LogP contribution in [0.25, 0.3) is 0 Å². The Morgan fingerprint density at radius 1 is 1.05 bits per heavy atom. The van der Waals surface area contributed by atoms with Crippen LogP contribution in [0.1, 0.15) is 25.3 Å². The monoisotopic (exact) mass is 518 g/mol. The van der Waals surface area contributed by atoms with Gasteiger partial charge >= 0.3 is 18.0 Å². The standard InChI is InChI=1S/C27H38N2O8/c1-4-15-34-24(30)27(25(31)35-16-5-2,37-19-14-29-12-17-33-18-13-29)20-23(6-3)28-26(32)36-21-22-10-8-7-9-11-22/h4-5,7-11,23H,1-2,6,12-21H2,3H3,(H,28,32). The van der Waals surface area contributed by atoms with Crippen LogP contribution in [-0.4, -0.2) is 87.2 Å². The molecule has 10 nitrogen and oxygen atoms in total. The molecule has 1 fully saturated rings. The summed E-state index contributed by atoms with van der Waals surface area (Å²) in [4.78, 5) is 41.1. The minimum absolute atomic E-state index is 0.0568. The third kappa shape index (κ3) is 9.99. The molecule has 0 aromatic heterocycles. The van der Waals surface area contributed by atoms with Crippen LogP contribution in [0, 0.1) is 0 Å². The number of ether oxygens (including phenoxy) is 5. The molecule has 10 heteroatoms. The second kappa shape index (κ2) is 16.5. The number of nitrogens with one attached hydrogen (secondary N) is 1. The van der Waals surface area contributed by atoms with Crippen molar-refractivity contribution in [1.82, 2.24) is 10.2 Å². The molecule has 1 aromatic rings. The van der Waals surface area contributed by atoms with Crippen molar-refractivity contribution in [3.8, 4) is 0 Å². The van der Waals surface area contributed by atoms with Gasteiger partial charge in [-0.1, -0.05) is 62.6 Å². The summed E-state index contributed by atoms with van der Waals surface area (Å²) in [5, 5.41) is 2.73. The second-order valence-electron chi connectivity index (χ2n) is 8.42. The van der Waals surface area contributed by atoms with Crippen LogP contribution in [0.5, 0.6) is 0 Å². The number of esters is 2. The zero-order valence-corrected chi connectivity index (χ0v) is 21.5. The number of morpholine rings is 1.